The minimum Gasteiger partial charge on any atom is -0.393 e. The molecule has 2 atom stereocenters. The van der Waals surface area contributed by atoms with Crippen LogP contribution in [0.5, 0.6) is 0 Å². The molecule has 0 bridgehead atoms. The standard InChI is InChI=1S/C10H18N4O/c11-9(12)8-3-4-14(10(8)13)6-1-2-7(15)5-6/h6-7,13,15H,1-5,11-12H2/t6?,7-/m1/s1. The number of aliphatic hydroxyl groups is 1. The summed E-state index contributed by atoms with van der Waals surface area (Å²) in [5.74, 6) is 0.718. The third-order valence-corrected chi connectivity index (χ3v) is 3.34. The first kappa shape index (κ1) is 10.3. The van der Waals surface area contributed by atoms with E-state index in [0.29, 0.717) is 11.9 Å². The summed E-state index contributed by atoms with van der Waals surface area (Å²) in [6, 6.07) is 0.296. The smallest absolute Gasteiger partial charge is 0.127 e. The van der Waals surface area contributed by atoms with Crippen LogP contribution in [-0.2, 0) is 0 Å². The molecule has 2 aliphatic rings. The highest BCUT2D eigenvalue weighted by molar-refractivity contribution is 5.98. The van der Waals surface area contributed by atoms with Crippen molar-refractivity contribution in [1.82, 2.24) is 4.90 Å². The summed E-state index contributed by atoms with van der Waals surface area (Å²) in [4.78, 5) is 2.02. The van der Waals surface area contributed by atoms with Crippen molar-refractivity contribution in [3.05, 3.63) is 11.4 Å². The molecule has 5 heteroatoms. The van der Waals surface area contributed by atoms with Gasteiger partial charge in [0.1, 0.15) is 11.7 Å². The van der Waals surface area contributed by atoms with Gasteiger partial charge in [0.25, 0.3) is 0 Å². The number of nitrogens with one attached hydrogen (secondary N) is 1. The van der Waals surface area contributed by atoms with Crippen LogP contribution in [0.4, 0.5) is 0 Å². The van der Waals surface area contributed by atoms with E-state index in [0.717, 1.165) is 37.8 Å². The Balaban J connectivity index is 2.08. The van der Waals surface area contributed by atoms with E-state index in [-0.39, 0.29) is 11.9 Å². The summed E-state index contributed by atoms with van der Waals surface area (Å²) in [7, 11) is 0. The van der Waals surface area contributed by atoms with Crippen molar-refractivity contribution in [3.8, 4) is 0 Å². The van der Waals surface area contributed by atoms with Crippen molar-refractivity contribution in [2.45, 2.75) is 37.8 Å². The second-order valence-corrected chi connectivity index (χ2v) is 4.35. The van der Waals surface area contributed by atoms with Crippen molar-refractivity contribution in [2.75, 3.05) is 6.54 Å². The fourth-order valence-electron chi connectivity index (χ4n) is 2.50. The summed E-state index contributed by atoms with van der Waals surface area (Å²) in [6.07, 6.45) is 3.12. The molecule has 5 nitrogen and oxygen atoms in total. The molecule has 2 fully saturated rings. The van der Waals surface area contributed by atoms with Gasteiger partial charge in [0, 0.05) is 18.2 Å². The summed E-state index contributed by atoms with van der Waals surface area (Å²) in [5.41, 5.74) is 11.8. The van der Waals surface area contributed by atoms with E-state index in [1.54, 1.807) is 0 Å². The highest BCUT2D eigenvalue weighted by Gasteiger charge is 2.34. The Morgan fingerprint density at radius 2 is 2.13 bits per heavy atom. The molecule has 0 amide bonds. The molecular weight excluding hydrogens is 192 g/mol. The Kier molecular flexibility index (Phi) is 2.56. The molecule has 0 aromatic heterocycles. The van der Waals surface area contributed by atoms with Crippen molar-refractivity contribution >= 4 is 5.84 Å². The first-order valence-electron chi connectivity index (χ1n) is 5.37. The molecule has 1 heterocycles. The van der Waals surface area contributed by atoms with E-state index in [4.69, 9.17) is 16.9 Å². The summed E-state index contributed by atoms with van der Waals surface area (Å²) >= 11 is 0. The third-order valence-electron chi connectivity index (χ3n) is 3.34. The second kappa shape index (κ2) is 3.73. The molecule has 0 spiro atoms. The number of nitrogens with zero attached hydrogens (tertiary/aromatic N) is 1. The van der Waals surface area contributed by atoms with E-state index < -0.39 is 0 Å². The lowest BCUT2D eigenvalue weighted by Crippen LogP contribution is -2.35. The zero-order chi connectivity index (χ0) is 11.0. The summed E-state index contributed by atoms with van der Waals surface area (Å²) < 4.78 is 0. The maximum Gasteiger partial charge on any atom is 0.127 e. The minimum atomic E-state index is -0.203. The Morgan fingerprint density at radius 1 is 1.40 bits per heavy atom. The fourth-order valence-corrected chi connectivity index (χ4v) is 2.50. The largest absolute Gasteiger partial charge is 0.393 e. The van der Waals surface area contributed by atoms with Gasteiger partial charge in [0.15, 0.2) is 0 Å². The highest BCUT2D eigenvalue weighted by atomic mass is 16.3. The van der Waals surface area contributed by atoms with Crippen molar-refractivity contribution in [1.29, 1.82) is 5.41 Å². The molecule has 0 aromatic carbocycles. The molecule has 6 N–H and O–H groups in total. The molecule has 1 saturated carbocycles. The van der Waals surface area contributed by atoms with Crippen LogP contribution in [0.25, 0.3) is 0 Å². The number of amidine groups is 1. The number of hydrogen-bond donors (Lipinski definition) is 4. The maximum atomic E-state index is 9.46. The monoisotopic (exact) mass is 210 g/mol. The van der Waals surface area contributed by atoms with Gasteiger partial charge in [-0.3, -0.25) is 5.41 Å². The van der Waals surface area contributed by atoms with E-state index in [9.17, 15) is 5.11 Å². The zero-order valence-electron chi connectivity index (χ0n) is 8.74. The van der Waals surface area contributed by atoms with Gasteiger partial charge in [-0.15, -0.1) is 0 Å². The first-order chi connectivity index (χ1) is 7.09. The zero-order valence-corrected chi connectivity index (χ0v) is 8.74. The molecule has 1 aliphatic carbocycles. The van der Waals surface area contributed by atoms with Gasteiger partial charge in [-0.05, 0) is 25.7 Å². The van der Waals surface area contributed by atoms with Crippen LogP contribution in [0.1, 0.15) is 25.7 Å². The average molecular weight is 210 g/mol. The Morgan fingerprint density at radius 3 is 2.60 bits per heavy atom. The highest BCUT2D eigenvalue weighted by Crippen LogP contribution is 2.29. The minimum absolute atomic E-state index is 0.203. The van der Waals surface area contributed by atoms with Gasteiger partial charge in [0.05, 0.1) is 6.10 Å². The quantitative estimate of drug-likeness (QED) is 0.478. The molecule has 1 aliphatic heterocycles. The van der Waals surface area contributed by atoms with Crippen LogP contribution < -0.4 is 11.5 Å². The van der Waals surface area contributed by atoms with Gasteiger partial charge < -0.3 is 21.5 Å². The van der Waals surface area contributed by atoms with Crippen LogP contribution in [0.2, 0.25) is 0 Å². The topological polar surface area (TPSA) is 99.4 Å². The third kappa shape index (κ3) is 1.79. The summed E-state index contributed by atoms with van der Waals surface area (Å²) in [6.45, 7) is 0.809. The molecule has 15 heavy (non-hydrogen) atoms. The van der Waals surface area contributed by atoms with Gasteiger partial charge in [-0.25, -0.2) is 0 Å². The predicted molar refractivity (Wildman–Crippen MR) is 58.1 cm³/mol. The van der Waals surface area contributed by atoms with Crippen LogP contribution in [0.15, 0.2) is 11.4 Å². The average Bonchev–Trinajstić information content (AvgIpc) is 2.71. The molecule has 0 aromatic rings. The second-order valence-electron chi connectivity index (χ2n) is 4.35. The molecule has 1 unspecified atom stereocenters. The molecule has 2 rings (SSSR count). The SMILES string of the molecule is N=C1C(=C(N)N)CCN1C1CC[C@@H](O)C1. The van der Waals surface area contributed by atoms with Gasteiger partial charge in [0.2, 0.25) is 0 Å². The molecule has 84 valence electrons. The van der Waals surface area contributed by atoms with Gasteiger partial charge in [-0.1, -0.05) is 0 Å². The molecular formula is C10H18N4O. The van der Waals surface area contributed by atoms with Gasteiger partial charge >= 0.3 is 0 Å². The lowest BCUT2D eigenvalue weighted by atomic mass is 10.2. The Labute approximate surface area is 89.2 Å². The fraction of sp³-hybridized carbons (Fsp3) is 0.700. The van der Waals surface area contributed by atoms with E-state index >= 15 is 0 Å². The normalized spacial score (nSPS) is 31.4. The number of hydrogen-bond acceptors (Lipinski definition) is 4. The molecule has 0 radical (unpaired) electrons. The van der Waals surface area contributed by atoms with Crippen molar-refractivity contribution < 1.29 is 5.11 Å². The maximum absolute atomic E-state index is 9.46. The van der Waals surface area contributed by atoms with Crippen LogP contribution in [0, 0.1) is 5.41 Å². The van der Waals surface area contributed by atoms with E-state index in [1.165, 1.54) is 0 Å². The van der Waals surface area contributed by atoms with Crippen LogP contribution >= 0.6 is 0 Å². The Hall–Kier alpha value is -1.23. The van der Waals surface area contributed by atoms with Gasteiger partial charge in [-0.2, -0.15) is 0 Å². The van der Waals surface area contributed by atoms with E-state index in [1.807, 2.05) is 4.90 Å². The van der Waals surface area contributed by atoms with Crippen molar-refractivity contribution in [2.24, 2.45) is 11.5 Å². The predicted octanol–water partition coefficient (Wildman–Crippen LogP) is -0.288. The first-order valence-corrected chi connectivity index (χ1v) is 5.37. The lowest BCUT2D eigenvalue weighted by Gasteiger charge is -2.25. The Bertz CT molecular complexity index is 309. The molecule has 1 saturated heterocycles. The lowest BCUT2D eigenvalue weighted by molar-refractivity contribution is 0.173. The van der Waals surface area contributed by atoms with Crippen LogP contribution in [0.3, 0.4) is 0 Å². The van der Waals surface area contributed by atoms with Crippen LogP contribution in [-0.4, -0.2) is 34.5 Å². The number of aliphatic hydroxyl groups excluding tert-OH is 1. The number of nitrogens with two attached hydrogens (primary N) is 2. The number of rotatable bonds is 1. The number of likely N-dealkylation sites (tertiary alicyclic amines) is 1. The van der Waals surface area contributed by atoms with Crippen molar-refractivity contribution in [3.63, 3.8) is 0 Å². The summed E-state index contributed by atoms with van der Waals surface area (Å²) in [5, 5.41) is 17.4. The van der Waals surface area contributed by atoms with E-state index in [2.05, 4.69) is 0 Å².